The summed E-state index contributed by atoms with van der Waals surface area (Å²) in [5, 5.41) is 11.1. The van der Waals surface area contributed by atoms with E-state index in [9.17, 15) is 19.3 Å². The predicted octanol–water partition coefficient (Wildman–Crippen LogP) is 2.55. The fourth-order valence-electron chi connectivity index (χ4n) is 2.62. The van der Waals surface area contributed by atoms with Crippen LogP contribution >= 0.6 is 0 Å². The standard InChI is InChI=1S/C14H17FN2O4/c1-9(18)10-3-5-16(6-4-10)12-8-14(21-2)11(15)7-13(12)17(19)20/h7-8,10H,3-6H2,1-2H3. The van der Waals surface area contributed by atoms with Gasteiger partial charge in [-0.3, -0.25) is 14.9 Å². The number of nitro groups is 1. The summed E-state index contributed by atoms with van der Waals surface area (Å²) < 4.78 is 18.5. The molecule has 1 aromatic rings. The van der Waals surface area contributed by atoms with E-state index >= 15 is 0 Å². The summed E-state index contributed by atoms with van der Waals surface area (Å²) in [7, 11) is 1.32. The maximum atomic E-state index is 13.6. The number of halogens is 1. The molecule has 1 heterocycles. The van der Waals surface area contributed by atoms with Gasteiger partial charge in [-0.25, -0.2) is 4.39 Å². The average Bonchev–Trinajstić information content (AvgIpc) is 2.47. The van der Waals surface area contributed by atoms with Gasteiger partial charge >= 0.3 is 0 Å². The van der Waals surface area contributed by atoms with Crippen molar-refractivity contribution in [2.75, 3.05) is 25.1 Å². The monoisotopic (exact) mass is 296 g/mol. The van der Waals surface area contributed by atoms with Crippen LogP contribution in [-0.2, 0) is 4.79 Å². The second kappa shape index (κ2) is 6.07. The smallest absolute Gasteiger partial charge is 0.295 e. The van der Waals surface area contributed by atoms with Crippen LogP contribution in [0.2, 0.25) is 0 Å². The van der Waals surface area contributed by atoms with Gasteiger partial charge in [0.2, 0.25) is 0 Å². The Morgan fingerprint density at radius 1 is 1.43 bits per heavy atom. The lowest BCUT2D eigenvalue weighted by molar-refractivity contribution is -0.384. The highest BCUT2D eigenvalue weighted by Gasteiger charge is 2.28. The first kappa shape index (κ1) is 15.2. The lowest BCUT2D eigenvalue weighted by Crippen LogP contribution is -2.36. The first-order valence-electron chi connectivity index (χ1n) is 6.71. The Labute approximate surface area is 121 Å². The normalized spacial score (nSPS) is 15.9. The van der Waals surface area contributed by atoms with Crippen molar-refractivity contribution in [3.8, 4) is 5.75 Å². The molecular weight excluding hydrogens is 279 g/mol. The van der Waals surface area contributed by atoms with Crippen LogP contribution in [-0.4, -0.2) is 30.9 Å². The summed E-state index contributed by atoms with van der Waals surface area (Å²) >= 11 is 0. The Bertz CT molecular complexity index is 568. The molecule has 0 aromatic heterocycles. The van der Waals surface area contributed by atoms with Crippen molar-refractivity contribution in [3.63, 3.8) is 0 Å². The highest BCUT2D eigenvalue weighted by molar-refractivity contribution is 5.78. The van der Waals surface area contributed by atoms with Crippen LogP contribution in [0.25, 0.3) is 0 Å². The fraction of sp³-hybridized carbons (Fsp3) is 0.500. The number of ketones is 1. The molecule has 0 N–H and O–H groups in total. The number of nitro benzene ring substituents is 1. The van der Waals surface area contributed by atoms with E-state index in [0.29, 0.717) is 31.6 Å². The second-order valence-electron chi connectivity index (χ2n) is 5.10. The molecule has 0 atom stereocenters. The van der Waals surface area contributed by atoms with Crippen molar-refractivity contribution >= 4 is 17.2 Å². The van der Waals surface area contributed by atoms with Crippen molar-refractivity contribution in [2.45, 2.75) is 19.8 Å². The highest BCUT2D eigenvalue weighted by atomic mass is 19.1. The van der Waals surface area contributed by atoms with E-state index in [4.69, 9.17) is 4.74 Å². The summed E-state index contributed by atoms with van der Waals surface area (Å²) in [6.07, 6.45) is 1.29. The minimum atomic E-state index is -0.758. The minimum absolute atomic E-state index is 0.00245. The van der Waals surface area contributed by atoms with Gasteiger partial charge in [0.25, 0.3) is 5.69 Å². The van der Waals surface area contributed by atoms with Crippen molar-refractivity contribution in [1.29, 1.82) is 0 Å². The molecule has 0 aliphatic carbocycles. The number of piperidine rings is 1. The number of benzene rings is 1. The Balaban J connectivity index is 2.30. The number of rotatable bonds is 4. The summed E-state index contributed by atoms with van der Waals surface area (Å²) in [6, 6.07) is 2.23. The van der Waals surface area contributed by atoms with Gasteiger partial charge < -0.3 is 9.64 Å². The molecule has 1 fully saturated rings. The highest BCUT2D eigenvalue weighted by Crippen LogP contribution is 2.36. The van der Waals surface area contributed by atoms with Gasteiger partial charge in [-0.15, -0.1) is 0 Å². The molecule has 0 bridgehead atoms. The van der Waals surface area contributed by atoms with E-state index in [-0.39, 0.29) is 23.1 Å². The average molecular weight is 296 g/mol. The summed E-state index contributed by atoms with van der Waals surface area (Å²) in [5.41, 5.74) is 0.0508. The van der Waals surface area contributed by atoms with Gasteiger partial charge in [0, 0.05) is 25.1 Å². The van der Waals surface area contributed by atoms with Crippen molar-refractivity contribution < 1.29 is 18.8 Å². The third kappa shape index (κ3) is 3.12. The molecule has 2 rings (SSSR count). The van der Waals surface area contributed by atoms with Crippen molar-refractivity contribution in [1.82, 2.24) is 0 Å². The van der Waals surface area contributed by atoms with Crippen LogP contribution in [0.5, 0.6) is 5.75 Å². The van der Waals surface area contributed by atoms with E-state index in [2.05, 4.69) is 0 Å². The van der Waals surface area contributed by atoms with Gasteiger partial charge in [0.15, 0.2) is 11.6 Å². The van der Waals surface area contributed by atoms with E-state index in [1.165, 1.54) is 13.2 Å². The Hall–Kier alpha value is -2.18. The fourth-order valence-corrected chi connectivity index (χ4v) is 2.62. The van der Waals surface area contributed by atoms with E-state index in [1.54, 1.807) is 11.8 Å². The third-order valence-corrected chi connectivity index (χ3v) is 3.86. The molecular formula is C14H17FN2O4. The summed E-state index contributed by atoms with van der Waals surface area (Å²) in [5.74, 6) is -0.639. The van der Waals surface area contributed by atoms with Gasteiger partial charge in [-0.2, -0.15) is 0 Å². The number of methoxy groups -OCH3 is 1. The van der Waals surface area contributed by atoms with Crippen LogP contribution in [0.4, 0.5) is 15.8 Å². The lowest BCUT2D eigenvalue weighted by atomic mass is 9.93. The SMILES string of the molecule is COc1cc(N2CCC(C(C)=O)CC2)c([N+](=O)[O-])cc1F. The maximum Gasteiger partial charge on any atom is 0.295 e. The molecule has 1 aliphatic heterocycles. The first-order valence-corrected chi connectivity index (χ1v) is 6.71. The van der Waals surface area contributed by atoms with E-state index < -0.39 is 10.7 Å². The molecule has 1 aliphatic rings. The molecule has 1 saturated heterocycles. The second-order valence-corrected chi connectivity index (χ2v) is 5.10. The first-order chi connectivity index (χ1) is 9.93. The Kier molecular flexibility index (Phi) is 4.40. The summed E-state index contributed by atoms with van der Waals surface area (Å²) in [4.78, 5) is 23.7. The van der Waals surface area contributed by atoms with Gasteiger partial charge in [-0.05, 0) is 19.8 Å². The number of hydrogen-bond donors (Lipinski definition) is 0. The number of hydrogen-bond acceptors (Lipinski definition) is 5. The number of ether oxygens (including phenoxy) is 1. The number of carbonyl (C=O) groups excluding carboxylic acids is 1. The number of nitrogens with zero attached hydrogens (tertiary/aromatic N) is 2. The number of Topliss-reactive ketones (excluding diaryl/α,β-unsaturated/α-hetero) is 1. The number of anilines is 1. The van der Waals surface area contributed by atoms with Crippen molar-refractivity contribution in [2.24, 2.45) is 5.92 Å². The van der Waals surface area contributed by atoms with Crippen LogP contribution in [0.1, 0.15) is 19.8 Å². The zero-order valence-electron chi connectivity index (χ0n) is 12.0. The molecule has 21 heavy (non-hydrogen) atoms. The largest absolute Gasteiger partial charge is 0.494 e. The molecule has 0 unspecified atom stereocenters. The van der Waals surface area contributed by atoms with Gasteiger partial charge in [0.05, 0.1) is 18.1 Å². The molecule has 0 amide bonds. The predicted molar refractivity (Wildman–Crippen MR) is 75.2 cm³/mol. The van der Waals surface area contributed by atoms with Crippen LogP contribution in [0, 0.1) is 21.8 Å². The lowest BCUT2D eigenvalue weighted by Gasteiger charge is -2.32. The zero-order valence-corrected chi connectivity index (χ0v) is 12.0. The Morgan fingerprint density at radius 2 is 2.05 bits per heavy atom. The van der Waals surface area contributed by atoms with Crippen LogP contribution < -0.4 is 9.64 Å². The minimum Gasteiger partial charge on any atom is -0.494 e. The van der Waals surface area contributed by atoms with Crippen molar-refractivity contribution in [3.05, 3.63) is 28.1 Å². The molecule has 7 heteroatoms. The van der Waals surface area contributed by atoms with Crippen LogP contribution in [0.15, 0.2) is 12.1 Å². The molecule has 0 radical (unpaired) electrons. The van der Waals surface area contributed by atoms with E-state index in [0.717, 1.165) is 6.07 Å². The maximum absolute atomic E-state index is 13.6. The summed E-state index contributed by atoms with van der Waals surface area (Å²) in [6.45, 7) is 2.61. The molecule has 1 aromatic carbocycles. The zero-order chi connectivity index (χ0) is 15.6. The van der Waals surface area contributed by atoms with E-state index in [1.807, 2.05) is 0 Å². The quantitative estimate of drug-likeness (QED) is 0.630. The topological polar surface area (TPSA) is 72.7 Å². The van der Waals surface area contributed by atoms with Crippen LogP contribution in [0.3, 0.4) is 0 Å². The molecule has 114 valence electrons. The molecule has 0 saturated carbocycles. The molecule has 0 spiro atoms. The van der Waals surface area contributed by atoms with Gasteiger partial charge in [0.1, 0.15) is 11.5 Å². The number of carbonyl (C=O) groups is 1. The molecule has 6 nitrogen and oxygen atoms in total. The Morgan fingerprint density at radius 3 is 2.52 bits per heavy atom. The third-order valence-electron chi connectivity index (χ3n) is 3.86. The van der Waals surface area contributed by atoms with Gasteiger partial charge in [-0.1, -0.05) is 0 Å².